The monoisotopic (exact) mass is 269 g/mol. The third kappa shape index (κ3) is 3.38. The Balaban J connectivity index is 1.96. The zero-order valence-corrected chi connectivity index (χ0v) is 12.6. The maximum atomic E-state index is 12.2. The molecule has 0 radical (unpaired) electrons. The van der Waals surface area contributed by atoms with Crippen molar-refractivity contribution < 1.29 is 4.79 Å². The number of benzene rings is 1. The fraction of sp³-hybridized carbons (Fsp3) is 0.389. The van der Waals surface area contributed by atoms with Gasteiger partial charge in [0, 0.05) is 19.2 Å². The van der Waals surface area contributed by atoms with Crippen LogP contribution in [0.1, 0.15) is 54.7 Å². The van der Waals surface area contributed by atoms with Crippen molar-refractivity contribution in [2.24, 2.45) is 0 Å². The fourth-order valence-corrected chi connectivity index (χ4v) is 2.40. The van der Waals surface area contributed by atoms with Crippen molar-refractivity contribution in [2.45, 2.75) is 46.1 Å². The summed E-state index contributed by atoms with van der Waals surface area (Å²) in [6, 6.07) is 12.5. The Morgan fingerprint density at radius 1 is 1.15 bits per heavy atom. The Bertz CT molecular complexity index is 563. The van der Waals surface area contributed by atoms with Gasteiger partial charge in [-0.2, -0.15) is 0 Å². The molecule has 2 rings (SSSR count). The second kappa shape index (κ2) is 6.56. The van der Waals surface area contributed by atoms with Gasteiger partial charge in [-0.05, 0) is 42.5 Å². The van der Waals surface area contributed by atoms with E-state index in [1.165, 1.54) is 11.1 Å². The molecule has 0 saturated carbocycles. The Kier molecular flexibility index (Phi) is 4.78. The number of hydrogen-bond donors (Lipinski definition) is 0. The first-order valence-corrected chi connectivity index (χ1v) is 7.39. The average Bonchev–Trinajstić information content (AvgIpc) is 2.93. The zero-order chi connectivity index (χ0) is 14.5. The molecule has 0 fully saturated rings. The van der Waals surface area contributed by atoms with Crippen molar-refractivity contribution in [3.05, 3.63) is 59.4 Å². The molecule has 0 N–H and O–H groups in total. The van der Waals surface area contributed by atoms with Crippen LogP contribution in [-0.4, -0.2) is 10.4 Å². The lowest BCUT2D eigenvalue weighted by molar-refractivity contribution is 0.0974. The van der Waals surface area contributed by atoms with E-state index in [-0.39, 0.29) is 5.78 Å². The molecule has 2 aromatic rings. The van der Waals surface area contributed by atoms with E-state index in [0.29, 0.717) is 12.3 Å². The van der Waals surface area contributed by atoms with E-state index in [4.69, 9.17) is 0 Å². The number of rotatable bonds is 6. The van der Waals surface area contributed by atoms with Crippen LogP contribution in [0.5, 0.6) is 0 Å². The lowest BCUT2D eigenvalue weighted by Crippen LogP contribution is -2.08. The van der Waals surface area contributed by atoms with Crippen molar-refractivity contribution >= 4 is 5.78 Å². The van der Waals surface area contributed by atoms with E-state index in [0.717, 1.165) is 18.7 Å². The molecule has 0 unspecified atom stereocenters. The minimum atomic E-state index is 0.227. The first-order chi connectivity index (χ1) is 9.61. The molecule has 1 aromatic carbocycles. The van der Waals surface area contributed by atoms with Gasteiger partial charge in [0.2, 0.25) is 0 Å². The Labute approximate surface area is 121 Å². The van der Waals surface area contributed by atoms with Crippen molar-refractivity contribution in [2.75, 3.05) is 0 Å². The predicted octanol–water partition coefficient (Wildman–Crippen LogP) is 4.45. The maximum absolute atomic E-state index is 12.2. The van der Waals surface area contributed by atoms with Crippen LogP contribution in [0, 0.1) is 0 Å². The van der Waals surface area contributed by atoms with Crippen LogP contribution >= 0.6 is 0 Å². The van der Waals surface area contributed by atoms with Gasteiger partial charge in [0.1, 0.15) is 0 Å². The summed E-state index contributed by atoms with van der Waals surface area (Å²) in [4.78, 5) is 12.2. The molecule has 0 bridgehead atoms. The second-order valence-electron chi connectivity index (χ2n) is 5.50. The van der Waals surface area contributed by atoms with Gasteiger partial charge < -0.3 is 4.57 Å². The highest BCUT2D eigenvalue weighted by Crippen LogP contribution is 2.16. The van der Waals surface area contributed by atoms with Gasteiger partial charge in [-0.3, -0.25) is 4.79 Å². The molecule has 1 aromatic heterocycles. The number of carbonyl (C=O) groups excluding carboxylic acids is 1. The quantitative estimate of drug-likeness (QED) is 0.710. The van der Waals surface area contributed by atoms with Gasteiger partial charge in [0.05, 0.1) is 5.69 Å². The van der Waals surface area contributed by atoms with Crippen LogP contribution in [0.4, 0.5) is 0 Å². The van der Waals surface area contributed by atoms with E-state index in [9.17, 15) is 4.79 Å². The summed E-state index contributed by atoms with van der Waals surface area (Å²) in [7, 11) is 0. The SMILES string of the molecule is CCn1cccc1C(=O)CCc1ccc(C(C)C)cc1. The molecule has 0 saturated heterocycles. The van der Waals surface area contributed by atoms with E-state index in [1.54, 1.807) is 0 Å². The molecule has 2 nitrogen and oxygen atoms in total. The molecule has 20 heavy (non-hydrogen) atoms. The highest BCUT2D eigenvalue weighted by molar-refractivity contribution is 5.94. The van der Waals surface area contributed by atoms with Crippen LogP contribution in [0.2, 0.25) is 0 Å². The minimum absolute atomic E-state index is 0.227. The maximum Gasteiger partial charge on any atom is 0.179 e. The van der Waals surface area contributed by atoms with Crippen LogP contribution in [0.25, 0.3) is 0 Å². The molecule has 0 aliphatic carbocycles. The molecule has 0 aliphatic heterocycles. The van der Waals surface area contributed by atoms with Crippen molar-refractivity contribution in [3.8, 4) is 0 Å². The number of aromatic nitrogens is 1. The predicted molar refractivity (Wildman–Crippen MR) is 83.3 cm³/mol. The fourth-order valence-electron chi connectivity index (χ4n) is 2.40. The standard InChI is InChI=1S/C18H23NO/c1-4-19-13-5-6-17(19)18(20)12-9-15-7-10-16(11-8-15)14(2)3/h5-8,10-11,13-14H,4,9,12H2,1-3H3. The third-order valence-corrected chi connectivity index (χ3v) is 3.74. The number of aryl methyl sites for hydroxylation is 2. The normalized spacial score (nSPS) is 11.0. The van der Waals surface area contributed by atoms with Crippen molar-refractivity contribution in [3.63, 3.8) is 0 Å². The summed E-state index contributed by atoms with van der Waals surface area (Å²) in [5, 5.41) is 0. The van der Waals surface area contributed by atoms with Gasteiger partial charge in [-0.1, -0.05) is 38.1 Å². The molecular weight excluding hydrogens is 246 g/mol. The van der Waals surface area contributed by atoms with Gasteiger partial charge in [-0.15, -0.1) is 0 Å². The smallest absolute Gasteiger partial charge is 0.179 e. The molecule has 1 heterocycles. The number of nitrogens with zero attached hydrogens (tertiary/aromatic N) is 1. The van der Waals surface area contributed by atoms with Gasteiger partial charge >= 0.3 is 0 Å². The Hall–Kier alpha value is -1.83. The summed E-state index contributed by atoms with van der Waals surface area (Å²) >= 11 is 0. The topological polar surface area (TPSA) is 22.0 Å². The highest BCUT2D eigenvalue weighted by Gasteiger charge is 2.10. The van der Waals surface area contributed by atoms with E-state index < -0.39 is 0 Å². The summed E-state index contributed by atoms with van der Waals surface area (Å²) in [6.07, 6.45) is 3.35. The zero-order valence-electron chi connectivity index (χ0n) is 12.6. The molecule has 2 heteroatoms. The summed E-state index contributed by atoms with van der Waals surface area (Å²) in [6.45, 7) is 7.29. The largest absolute Gasteiger partial charge is 0.345 e. The van der Waals surface area contributed by atoms with Crippen LogP contribution in [0.3, 0.4) is 0 Å². The first kappa shape index (κ1) is 14.6. The lowest BCUT2D eigenvalue weighted by Gasteiger charge is -2.08. The van der Waals surface area contributed by atoms with Crippen molar-refractivity contribution in [1.29, 1.82) is 0 Å². The highest BCUT2D eigenvalue weighted by atomic mass is 16.1. The molecule has 0 amide bonds. The first-order valence-electron chi connectivity index (χ1n) is 7.39. The molecule has 0 atom stereocenters. The van der Waals surface area contributed by atoms with E-state index in [2.05, 4.69) is 45.0 Å². The summed E-state index contributed by atoms with van der Waals surface area (Å²) in [5.74, 6) is 0.781. The van der Waals surface area contributed by atoms with Crippen LogP contribution in [0.15, 0.2) is 42.6 Å². The minimum Gasteiger partial charge on any atom is -0.345 e. The van der Waals surface area contributed by atoms with Crippen LogP contribution < -0.4 is 0 Å². The van der Waals surface area contributed by atoms with Crippen molar-refractivity contribution in [1.82, 2.24) is 4.57 Å². The summed E-state index contributed by atoms with van der Waals surface area (Å²) < 4.78 is 2.00. The van der Waals surface area contributed by atoms with Gasteiger partial charge in [-0.25, -0.2) is 0 Å². The van der Waals surface area contributed by atoms with E-state index in [1.807, 2.05) is 22.9 Å². The van der Waals surface area contributed by atoms with E-state index >= 15 is 0 Å². The van der Waals surface area contributed by atoms with Crippen LogP contribution in [-0.2, 0) is 13.0 Å². The molecule has 106 valence electrons. The van der Waals surface area contributed by atoms with Gasteiger partial charge in [0.25, 0.3) is 0 Å². The molecule has 0 spiro atoms. The number of hydrogen-bond acceptors (Lipinski definition) is 1. The third-order valence-electron chi connectivity index (χ3n) is 3.74. The summed E-state index contributed by atoms with van der Waals surface area (Å²) in [5.41, 5.74) is 3.41. The Morgan fingerprint density at radius 2 is 1.85 bits per heavy atom. The van der Waals surface area contributed by atoms with Gasteiger partial charge in [0.15, 0.2) is 5.78 Å². The molecular formula is C18H23NO. The number of ketones is 1. The second-order valence-corrected chi connectivity index (χ2v) is 5.50. The molecule has 0 aliphatic rings. The Morgan fingerprint density at radius 3 is 2.45 bits per heavy atom. The number of carbonyl (C=O) groups is 1. The average molecular weight is 269 g/mol. The lowest BCUT2D eigenvalue weighted by atomic mass is 9.99. The number of Topliss-reactive ketones (excluding diaryl/α,β-unsaturated/α-hetero) is 1.